The first-order valence-electron chi connectivity index (χ1n) is 6.98. The van der Waals surface area contributed by atoms with E-state index in [9.17, 15) is 4.79 Å². The van der Waals surface area contributed by atoms with Gasteiger partial charge in [0.1, 0.15) is 0 Å². The van der Waals surface area contributed by atoms with Crippen LogP contribution >= 0.6 is 11.8 Å². The van der Waals surface area contributed by atoms with E-state index in [1.165, 1.54) is 5.75 Å². The van der Waals surface area contributed by atoms with Crippen LogP contribution in [0.25, 0.3) is 0 Å². The van der Waals surface area contributed by atoms with Gasteiger partial charge >= 0.3 is 0 Å². The molecule has 0 unspecified atom stereocenters. The largest absolute Gasteiger partial charge is 0.379 e. The molecule has 2 rings (SSSR count). The SMILES string of the molecule is CCC(=O)N1CCCSC[C@H]1CN1CCOCC1. The first kappa shape index (κ1) is 14.2. The quantitative estimate of drug-likeness (QED) is 0.769. The standard InChI is InChI=1S/C13H24N2O2S/c1-2-13(16)15-4-3-9-18-11-12(15)10-14-5-7-17-8-6-14/h12H,2-11H2,1H3/t12-/m1/s1. The fourth-order valence-electron chi connectivity index (χ4n) is 2.59. The minimum absolute atomic E-state index is 0.316. The summed E-state index contributed by atoms with van der Waals surface area (Å²) in [7, 11) is 0. The molecule has 5 heteroatoms. The first-order chi connectivity index (χ1) is 8.81. The molecule has 104 valence electrons. The van der Waals surface area contributed by atoms with Gasteiger partial charge in [-0.3, -0.25) is 9.69 Å². The van der Waals surface area contributed by atoms with Gasteiger partial charge < -0.3 is 9.64 Å². The second-order valence-electron chi connectivity index (χ2n) is 4.94. The Bertz CT molecular complexity index is 270. The van der Waals surface area contributed by atoms with Crippen molar-refractivity contribution in [2.75, 3.05) is 50.9 Å². The van der Waals surface area contributed by atoms with Crippen LogP contribution in [0.15, 0.2) is 0 Å². The lowest BCUT2D eigenvalue weighted by atomic mass is 10.2. The molecule has 0 radical (unpaired) electrons. The number of carbonyl (C=O) groups is 1. The fourth-order valence-corrected chi connectivity index (χ4v) is 3.65. The molecule has 2 heterocycles. The highest BCUT2D eigenvalue weighted by Crippen LogP contribution is 2.18. The zero-order valence-corrected chi connectivity index (χ0v) is 12.1. The molecule has 0 aromatic carbocycles. The van der Waals surface area contributed by atoms with E-state index in [0.717, 1.165) is 51.6 Å². The summed E-state index contributed by atoms with van der Waals surface area (Å²) in [5, 5.41) is 0. The summed E-state index contributed by atoms with van der Waals surface area (Å²) in [4.78, 5) is 16.6. The fraction of sp³-hybridized carbons (Fsp3) is 0.923. The Morgan fingerprint density at radius 2 is 2.11 bits per heavy atom. The van der Waals surface area contributed by atoms with Crippen LogP contribution in [0.2, 0.25) is 0 Å². The van der Waals surface area contributed by atoms with Gasteiger partial charge in [-0.1, -0.05) is 6.92 Å². The van der Waals surface area contributed by atoms with E-state index in [0.29, 0.717) is 18.4 Å². The minimum Gasteiger partial charge on any atom is -0.379 e. The molecule has 2 aliphatic heterocycles. The zero-order valence-electron chi connectivity index (χ0n) is 11.3. The van der Waals surface area contributed by atoms with Crippen molar-refractivity contribution in [3.8, 4) is 0 Å². The summed E-state index contributed by atoms with van der Waals surface area (Å²) in [6.45, 7) is 7.61. The first-order valence-corrected chi connectivity index (χ1v) is 8.14. The minimum atomic E-state index is 0.316. The van der Waals surface area contributed by atoms with Crippen LogP contribution in [0, 0.1) is 0 Å². The predicted molar refractivity (Wildman–Crippen MR) is 75.0 cm³/mol. The number of morpholine rings is 1. The molecule has 0 aromatic rings. The van der Waals surface area contributed by atoms with Crippen molar-refractivity contribution in [2.45, 2.75) is 25.8 Å². The summed E-state index contributed by atoms with van der Waals surface area (Å²) < 4.78 is 5.38. The summed E-state index contributed by atoms with van der Waals surface area (Å²) in [5.74, 6) is 2.59. The van der Waals surface area contributed by atoms with Gasteiger partial charge in [0.2, 0.25) is 5.91 Å². The highest BCUT2D eigenvalue weighted by atomic mass is 32.2. The molecule has 2 aliphatic rings. The number of hydrogen-bond acceptors (Lipinski definition) is 4. The molecule has 0 N–H and O–H groups in total. The molecule has 1 atom stereocenters. The zero-order chi connectivity index (χ0) is 12.8. The van der Waals surface area contributed by atoms with Crippen molar-refractivity contribution in [2.24, 2.45) is 0 Å². The van der Waals surface area contributed by atoms with Crippen LogP contribution in [-0.4, -0.2) is 72.6 Å². The highest BCUT2D eigenvalue weighted by Gasteiger charge is 2.26. The van der Waals surface area contributed by atoms with Gasteiger partial charge in [0.25, 0.3) is 0 Å². The molecule has 2 fully saturated rings. The van der Waals surface area contributed by atoms with Crippen molar-refractivity contribution in [3.05, 3.63) is 0 Å². The topological polar surface area (TPSA) is 32.8 Å². The maximum atomic E-state index is 12.0. The lowest BCUT2D eigenvalue weighted by Crippen LogP contribution is -2.50. The number of thioether (sulfide) groups is 1. The second-order valence-corrected chi connectivity index (χ2v) is 6.09. The van der Waals surface area contributed by atoms with E-state index in [2.05, 4.69) is 9.80 Å². The molecule has 1 amide bonds. The number of ether oxygens (including phenoxy) is 1. The number of rotatable bonds is 3. The number of amides is 1. The average molecular weight is 272 g/mol. The molecule has 0 saturated carbocycles. The molecule has 4 nitrogen and oxygen atoms in total. The lowest BCUT2D eigenvalue weighted by molar-refractivity contribution is -0.133. The smallest absolute Gasteiger partial charge is 0.222 e. The van der Waals surface area contributed by atoms with Crippen LogP contribution in [0.4, 0.5) is 0 Å². The van der Waals surface area contributed by atoms with Gasteiger partial charge in [0.05, 0.1) is 19.3 Å². The Hall–Kier alpha value is -0.260. The molecule has 2 saturated heterocycles. The van der Waals surface area contributed by atoms with Crippen LogP contribution in [0.1, 0.15) is 19.8 Å². The monoisotopic (exact) mass is 272 g/mol. The Kier molecular flexibility index (Phi) is 5.79. The molecule has 0 spiro atoms. The predicted octanol–water partition coefficient (Wildman–Crippen LogP) is 1.06. The van der Waals surface area contributed by atoms with Crippen molar-refractivity contribution in [1.29, 1.82) is 0 Å². The average Bonchev–Trinajstić information content (AvgIpc) is 2.64. The molecule has 0 aliphatic carbocycles. The van der Waals surface area contributed by atoms with E-state index in [1.807, 2.05) is 18.7 Å². The van der Waals surface area contributed by atoms with E-state index in [4.69, 9.17) is 4.74 Å². The summed E-state index contributed by atoms with van der Waals surface area (Å²) >= 11 is 1.99. The van der Waals surface area contributed by atoms with E-state index in [1.54, 1.807) is 0 Å². The molecular weight excluding hydrogens is 248 g/mol. The third kappa shape index (κ3) is 3.87. The van der Waals surface area contributed by atoms with Crippen molar-refractivity contribution < 1.29 is 9.53 Å². The van der Waals surface area contributed by atoms with Gasteiger partial charge in [0, 0.05) is 38.4 Å². The molecule has 18 heavy (non-hydrogen) atoms. The normalized spacial score (nSPS) is 26.9. The Labute approximate surface area is 114 Å². The summed E-state index contributed by atoms with van der Waals surface area (Å²) in [6.07, 6.45) is 1.76. The third-order valence-electron chi connectivity index (χ3n) is 3.63. The summed E-state index contributed by atoms with van der Waals surface area (Å²) in [5.41, 5.74) is 0. The van der Waals surface area contributed by atoms with E-state index < -0.39 is 0 Å². The maximum absolute atomic E-state index is 12.0. The van der Waals surface area contributed by atoms with Gasteiger partial charge in [-0.05, 0) is 12.2 Å². The molecule has 0 bridgehead atoms. The van der Waals surface area contributed by atoms with Gasteiger partial charge in [-0.2, -0.15) is 11.8 Å². The number of carbonyl (C=O) groups excluding carboxylic acids is 1. The van der Waals surface area contributed by atoms with Crippen LogP contribution in [0.3, 0.4) is 0 Å². The Morgan fingerprint density at radius 3 is 2.83 bits per heavy atom. The van der Waals surface area contributed by atoms with E-state index in [-0.39, 0.29) is 0 Å². The second kappa shape index (κ2) is 7.36. The number of nitrogens with zero attached hydrogens (tertiary/aromatic N) is 2. The number of hydrogen-bond donors (Lipinski definition) is 0. The maximum Gasteiger partial charge on any atom is 0.222 e. The van der Waals surface area contributed by atoms with Crippen LogP contribution < -0.4 is 0 Å². The van der Waals surface area contributed by atoms with E-state index >= 15 is 0 Å². The van der Waals surface area contributed by atoms with Gasteiger partial charge in [0.15, 0.2) is 0 Å². The summed E-state index contributed by atoms with van der Waals surface area (Å²) in [6, 6.07) is 0.392. The van der Waals surface area contributed by atoms with Gasteiger partial charge in [-0.15, -0.1) is 0 Å². The van der Waals surface area contributed by atoms with Crippen LogP contribution in [0.5, 0.6) is 0 Å². The van der Waals surface area contributed by atoms with Crippen molar-refractivity contribution in [1.82, 2.24) is 9.80 Å². The Morgan fingerprint density at radius 1 is 1.33 bits per heavy atom. The Balaban J connectivity index is 1.93. The van der Waals surface area contributed by atoms with Gasteiger partial charge in [-0.25, -0.2) is 0 Å². The van der Waals surface area contributed by atoms with Crippen LogP contribution in [-0.2, 0) is 9.53 Å². The molecular formula is C13H24N2O2S. The molecule has 0 aromatic heterocycles. The van der Waals surface area contributed by atoms with Crippen molar-refractivity contribution >= 4 is 17.7 Å². The van der Waals surface area contributed by atoms with Crippen molar-refractivity contribution in [3.63, 3.8) is 0 Å². The lowest BCUT2D eigenvalue weighted by Gasteiger charge is -2.35. The third-order valence-corrected chi connectivity index (χ3v) is 4.83. The highest BCUT2D eigenvalue weighted by molar-refractivity contribution is 7.99.